The zero-order valence-corrected chi connectivity index (χ0v) is 29.4. The van der Waals surface area contributed by atoms with E-state index in [0.717, 1.165) is 18.9 Å². The summed E-state index contributed by atoms with van der Waals surface area (Å²) in [5.41, 5.74) is 8.65. The summed E-state index contributed by atoms with van der Waals surface area (Å²) < 4.78 is 38.3. The maximum atomic E-state index is 13.6. The Hall–Kier alpha value is -3.08. The number of aliphatic hydroxyl groups excluding tert-OH is 1. The van der Waals surface area contributed by atoms with Gasteiger partial charge in [0.05, 0.1) is 18.4 Å². The quantitative estimate of drug-likeness (QED) is 0.115. The van der Waals surface area contributed by atoms with Crippen molar-refractivity contribution in [2.75, 3.05) is 25.6 Å². The Bertz CT molecular complexity index is 1280. The summed E-state index contributed by atoms with van der Waals surface area (Å²) in [6.45, 7) is 8.84. The van der Waals surface area contributed by atoms with Gasteiger partial charge in [0.1, 0.15) is 17.4 Å². The molecule has 2 aromatic carbocycles. The minimum absolute atomic E-state index is 0.0349. The van der Waals surface area contributed by atoms with Gasteiger partial charge in [0, 0.05) is 51.1 Å². The second-order valence-electron chi connectivity index (χ2n) is 14.2. The Labute approximate surface area is 285 Å². The molecule has 1 aliphatic carbocycles. The van der Waals surface area contributed by atoms with E-state index in [0.29, 0.717) is 42.6 Å². The molecule has 0 radical (unpaired) electrons. The van der Waals surface area contributed by atoms with Crippen LogP contribution in [0.2, 0.25) is 0 Å². The van der Waals surface area contributed by atoms with Gasteiger partial charge >= 0.3 is 0 Å². The topological polar surface area (TPSA) is 123 Å². The lowest BCUT2D eigenvalue weighted by Gasteiger charge is -2.29. The predicted octanol–water partition coefficient (Wildman–Crippen LogP) is 6.77. The molecule has 2 amide bonds. The smallest absolute Gasteiger partial charge is 0.224 e. The molecule has 0 saturated heterocycles. The Balaban J connectivity index is 1.61. The Kier molecular flexibility index (Phi) is 16.2. The number of methoxy groups -OCH3 is 1. The Morgan fingerprint density at radius 3 is 2.27 bits per heavy atom. The number of nitrogens with one attached hydrogen (secondary N) is 2. The first-order valence-electron chi connectivity index (χ1n) is 17.6. The minimum Gasteiger partial charge on any atom is -0.491 e. The van der Waals surface area contributed by atoms with Crippen molar-refractivity contribution in [1.82, 2.24) is 5.32 Å². The van der Waals surface area contributed by atoms with E-state index in [1.54, 1.807) is 7.11 Å². The predicted molar refractivity (Wildman–Crippen MR) is 185 cm³/mol. The summed E-state index contributed by atoms with van der Waals surface area (Å²) in [4.78, 5) is 26.5. The molecule has 0 bridgehead atoms. The molecule has 0 heterocycles. The van der Waals surface area contributed by atoms with Crippen LogP contribution in [0, 0.1) is 41.2 Å². The number of halogens is 2. The van der Waals surface area contributed by atoms with Gasteiger partial charge in [-0.05, 0) is 78.3 Å². The molecule has 48 heavy (non-hydrogen) atoms. The number of rotatable bonds is 20. The van der Waals surface area contributed by atoms with Crippen LogP contribution in [-0.4, -0.2) is 49.4 Å². The number of amides is 2. The van der Waals surface area contributed by atoms with Crippen molar-refractivity contribution in [2.24, 2.45) is 35.3 Å². The fourth-order valence-corrected chi connectivity index (χ4v) is 6.55. The Morgan fingerprint density at radius 1 is 0.958 bits per heavy atom. The van der Waals surface area contributed by atoms with Gasteiger partial charge in [0.15, 0.2) is 0 Å². The fourth-order valence-electron chi connectivity index (χ4n) is 6.55. The number of nitrogens with two attached hydrogens (primary N) is 1. The summed E-state index contributed by atoms with van der Waals surface area (Å²) in [7, 11) is 1.65. The molecule has 1 fully saturated rings. The van der Waals surface area contributed by atoms with Crippen LogP contribution in [0.4, 0.5) is 14.5 Å². The third kappa shape index (κ3) is 13.1. The van der Waals surface area contributed by atoms with E-state index in [4.69, 9.17) is 15.2 Å². The molecular weight excluding hydrogens is 616 g/mol. The van der Waals surface area contributed by atoms with Crippen LogP contribution in [0.3, 0.4) is 0 Å². The lowest BCUT2D eigenvalue weighted by atomic mass is 9.82. The number of carbonyl (C=O) groups excluding carboxylic acids is 2. The number of benzene rings is 2. The molecule has 2 aromatic rings. The van der Waals surface area contributed by atoms with Gasteiger partial charge in [-0.25, -0.2) is 8.78 Å². The second kappa shape index (κ2) is 19.8. The molecule has 0 aromatic heterocycles. The highest BCUT2D eigenvalue weighted by atomic mass is 19.1. The number of carbonyl (C=O) groups is 2. The number of hydrogen-bond acceptors (Lipinski definition) is 6. The first-order valence-corrected chi connectivity index (χ1v) is 17.6. The molecular formula is C38H57F2N3O5. The van der Waals surface area contributed by atoms with E-state index < -0.39 is 29.7 Å². The van der Waals surface area contributed by atoms with Crippen molar-refractivity contribution in [1.29, 1.82) is 0 Å². The van der Waals surface area contributed by atoms with Crippen LogP contribution in [0.5, 0.6) is 5.75 Å². The molecule has 0 unspecified atom stereocenters. The molecule has 268 valence electrons. The number of ether oxygens (including phenoxy) is 2. The largest absolute Gasteiger partial charge is 0.491 e. The van der Waals surface area contributed by atoms with Gasteiger partial charge in [-0.1, -0.05) is 59.4 Å². The average Bonchev–Trinajstić information content (AvgIpc) is 3.53. The zero-order valence-electron chi connectivity index (χ0n) is 29.4. The molecule has 8 nitrogen and oxygen atoms in total. The summed E-state index contributed by atoms with van der Waals surface area (Å²) in [6, 6.07) is 8.52. The van der Waals surface area contributed by atoms with Crippen molar-refractivity contribution in [3.63, 3.8) is 0 Å². The van der Waals surface area contributed by atoms with Crippen LogP contribution in [0.15, 0.2) is 36.4 Å². The van der Waals surface area contributed by atoms with E-state index in [-0.39, 0.29) is 49.0 Å². The molecule has 10 heteroatoms. The van der Waals surface area contributed by atoms with Crippen LogP contribution < -0.4 is 21.1 Å². The van der Waals surface area contributed by atoms with Gasteiger partial charge in [-0.3, -0.25) is 9.59 Å². The van der Waals surface area contributed by atoms with E-state index in [9.17, 15) is 23.5 Å². The lowest BCUT2D eigenvalue weighted by molar-refractivity contribution is -0.127. The van der Waals surface area contributed by atoms with E-state index in [1.807, 2.05) is 39.8 Å². The van der Waals surface area contributed by atoms with Crippen molar-refractivity contribution < 1.29 is 33.0 Å². The lowest BCUT2D eigenvalue weighted by Crippen LogP contribution is -2.42. The van der Waals surface area contributed by atoms with E-state index >= 15 is 0 Å². The van der Waals surface area contributed by atoms with E-state index in [2.05, 4.69) is 16.7 Å². The van der Waals surface area contributed by atoms with Crippen molar-refractivity contribution in [3.8, 4) is 5.75 Å². The molecule has 1 saturated carbocycles. The van der Waals surface area contributed by atoms with Gasteiger partial charge in [0.25, 0.3) is 0 Å². The third-order valence-corrected chi connectivity index (χ3v) is 9.55. The minimum atomic E-state index is -0.988. The molecule has 1 aliphatic rings. The number of aliphatic hydroxyl groups is 1. The zero-order chi connectivity index (χ0) is 35.2. The number of hydrogen-bond donors (Lipinski definition) is 4. The standard InChI is InChI=1S/C38H57F2N3O5/c1-24(2)29(19-33(41)35(44)22-32(25(3)4)38(46)42-23-28-16-30(39)21-31(40)17-28)20-37(45)43-34-18-27(15-26-9-6-7-10-26)11-12-36(34)48-14-8-13-47-5/h11-12,16-18,21,24-26,29,32-33,35,44H,6-10,13-15,19-20,22-23,41H2,1-5H3,(H,42,46)(H,43,45)/t29-,32+,33+,35+/m1/s1. The van der Waals surface area contributed by atoms with E-state index in [1.165, 1.54) is 43.4 Å². The summed E-state index contributed by atoms with van der Waals surface area (Å²) in [5.74, 6) is -1.28. The average molecular weight is 674 g/mol. The highest BCUT2D eigenvalue weighted by molar-refractivity contribution is 5.92. The monoisotopic (exact) mass is 673 g/mol. The van der Waals surface area contributed by atoms with Gasteiger partial charge in [0.2, 0.25) is 11.8 Å². The summed E-state index contributed by atoms with van der Waals surface area (Å²) >= 11 is 0. The molecule has 0 aliphatic heterocycles. The molecule has 3 rings (SSSR count). The van der Waals surface area contributed by atoms with Crippen molar-refractivity contribution in [2.45, 2.75) is 104 Å². The normalized spacial score (nSPS) is 16.1. The van der Waals surface area contributed by atoms with Crippen LogP contribution in [0.25, 0.3) is 0 Å². The molecule has 0 spiro atoms. The summed E-state index contributed by atoms with van der Waals surface area (Å²) in [6.07, 6.45) is 6.46. The maximum Gasteiger partial charge on any atom is 0.224 e. The first-order chi connectivity index (χ1) is 22.9. The summed E-state index contributed by atoms with van der Waals surface area (Å²) in [5, 5.41) is 17.0. The maximum absolute atomic E-state index is 13.6. The van der Waals surface area contributed by atoms with Gasteiger partial charge in [-0.2, -0.15) is 0 Å². The fraction of sp³-hybridized carbons (Fsp3) is 0.632. The molecule has 5 N–H and O–H groups in total. The van der Waals surface area contributed by atoms with Crippen molar-refractivity contribution in [3.05, 3.63) is 59.2 Å². The van der Waals surface area contributed by atoms with Gasteiger partial charge < -0.3 is 30.9 Å². The van der Waals surface area contributed by atoms with Crippen LogP contribution >= 0.6 is 0 Å². The third-order valence-electron chi connectivity index (χ3n) is 9.55. The highest BCUT2D eigenvalue weighted by Crippen LogP contribution is 2.33. The van der Waals surface area contributed by atoms with Gasteiger partial charge in [-0.15, -0.1) is 0 Å². The molecule has 4 atom stereocenters. The first kappa shape index (κ1) is 39.4. The second-order valence-corrected chi connectivity index (χ2v) is 14.2. The van der Waals surface area contributed by atoms with Crippen LogP contribution in [-0.2, 0) is 27.3 Å². The van der Waals surface area contributed by atoms with Crippen LogP contribution in [0.1, 0.15) is 90.2 Å². The Morgan fingerprint density at radius 2 is 1.65 bits per heavy atom. The van der Waals surface area contributed by atoms with Crippen molar-refractivity contribution >= 4 is 17.5 Å². The highest BCUT2D eigenvalue weighted by Gasteiger charge is 2.30. The SMILES string of the molecule is COCCCOc1ccc(CC2CCCC2)cc1NC(=O)C[C@@H](C[C@H](N)[C@@H](O)C[C@H](C(=O)NCc1cc(F)cc(F)c1)C(C)C)C(C)C. The number of anilines is 1.